The quantitative estimate of drug-likeness (QED) is 0.342. The van der Waals surface area contributed by atoms with Gasteiger partial charge in [-0.25, -0.2) is 21.9 Å². The van der Waals surface area contributed by atoms with E-state index in [2.05, 4.69) is 15.5 Å². The van der Waals surface area contributed by atoms with Gasteiger partial charge in [-0.1, -0.05) is 0 Å². The zero-order valence-electron chi connectivity index (χ0n) is 20.8. The van der Waals surface area contributed by atoms with Crippen LogP contribution in [0, 0.1) is 5.82 Å². The van der Waals surface area contributed by atoms with E-state index in [9.17, 15) is 22.0 Å². The van der Waals surface area contributed by atoms with Crippen LogP contribution in [0.15, 0.2) is 52.3 Å². The Hall–Kier alpha value is -2.37. The number of hydrogen-bond acceptors (Lipinski definition) is 7. The van der Waals surface area contributed by atoms with Crippen molar-refractivity contribution in [3.05, 3.63) is 48.3 Å². The van der Waals surface area contributed by atoms with Gasteiger partial charge in [-0.15, -0.1) is 11.8 Å². The number of carbonyl (C=O) groups is 1. The van der Waals surface area contributed by atoms with Gasteiger partial charge in [-0.05, 0) is 95.2 Å². The average molecular weight is 541 g/mol. The summed E-state index contributed by atoms with van der Waals surface area (Å²) in [7, 11) is 1.42. The van der Waals surface area contributed by atoms with Gasteiger partial charge in [-0.2, -0.15) is 0 Å². The highest BCUT2D eigenvalue weighted by Gasteiger charge is 2.43. The van der Waals surface area contributed by atoms with Crippen LogP contribution < -0.4 is 15.4 Å². The van der Waals surface area contributed by atoms with E-state index in [1.165, 1.54) is 24.3 Å². The monoisotopic (exact) mass is 540 g/mol. The number of hydrogen-bond donors (Lipinski definition) is 3. The number of carbonyl (C=O) groups excluding carboxylic acids is 1. The molecular formula is C25H34F2N4O3S2. The van der Waals surface area contributed by atoms with Crippen LogP contribution in [0.2, 0.25) is 0 Å². The summed E-state index contributed by atoms with van der Waals surface area (Å²) in [5.74, 6) is -0.677. The molecule has 0 unspecified atom stereocenters. The van der Waals surface area contributed by atoms with Crippen molar-refractivity contribution in [2.75, 3.05) is 44.1 Å². The predicted molar refractivity (Wildman–Crippen MR) is 141 cm³/mol. The molecule has 0 saturated heterocycles. The zero-order chi connectivity index (χ0) is 26.3. The second-order valence-corrected chi connectivity index (χ2v) is 12.0. The minimum Gasteiger partial charge on any atom is -0.386 e. The van der Waals surface area contributed by atoms with Crippen molar-refractivity contribution in [2.45, 2.75) is 53.6 Å². The van der Waals surface area contributed by atoms with Crippen LogP contribution in [0.3, 0.4) is 0 Å². The second kappa shape index (κ2) is 12.2. The SMILES string of the molecule is CNc1cc(S(=O)(=O)NC(=O)C2(F)CCCC2)ccc1N[C@H](CCN(C)C)CSc1ccc(F)cc1. The van der Waals surface area contributed by atoms with Gasteiger partial charge in [0.05, 0.1) is 16.3 Å². The molecule has 1 atom stereocenters. The van der Waals surface area contributed by atoms with Gasteiger partial charge >= 0.3 is 0 Å². The first-order chi connectivity index (χ1) is 17.0. The molecule has 0 spiro atoms. The normalized spacial score (nSPS) is 16.1. The van der Waals surface area contributed by atoms with E-state index in [4.69, 9.17) is 0 Å². The van der Waals surface area contributed by atoms with Gasteiger partial charge in [0.15, 0.2) is 5.67 Å². The minimum atomic E-state index is -4.23. The smallest absolute Gasteiger partial charge is 0.271 e. The average Bonchev–Trinajstić information content (AvgIpc) is 3.29. The molecule has 3 rings (SSSR count). The Morgan fingerprint density at radius 2 is 1.78 bits per heavy atom. The van der Waals surface area contributed by atoms with Crippen LogP contribution in [0.25, 0.3) is 0 Å². The molecule has 36 heavy (non-hydrogen) atoms. The zero-order valence-corrected chi connectivity index (χ0v) is 22.4. The summed E-state index contributed by atoms with van der Waals surface area (Å²) in [4.78, 5) is 15.2. The lowest BCUT2D eigenvalue weighted by molar-refractivity contribution is -0.130. The molecule has 0 aliphatic heterocycles. The lowest BCUT2D eigenvalue weighted by atomic mass is 10.1. The van der Waals surface area contributed by atoms with Crippen LogP contribution in [0.1, 0.15) is 32.1 Å². The Kier molecular flexibility index (Phi) is 9.59. The van der Waals surface area contributed by atoms with Gasteiger partial charge in [0.1, 0.15) is 5.82 Å². The molecule has 1 saturated carbocycles. The van der Waals surface area contributed by atoms with E-state index >= 15 is 0 Å². The molecule has 3 N–H and O–H groups in total. The minimum absolute atomic E-state index is 0.0310. The number of nitrogens with one attached hydrogen (secondary N) is 3. The maximum absolute atomic E-state index is 14.7. The van der Waals surface area contributed by atoms with Crippen LogP contribution in [-0.4, -0.2) is 64.4 Å². The number of rotatable bonds is 12. The first-order valence-electron chi connectivity index (χ1n) is 11.9. The maximum Gasteiger partial charge on any atom is 0.271 e. The highest BCUT2D eigenvalue weighted by Crippen LogP contribution is 2.34. The lowest BCUT2D eigenvalue weighted by Gasteiger charge is -2.24. The molecular weight excluding hydrogens is 506 g/mol. The predicted octanol–water partition coefficient (Wildman–Crippen LogP) is 4.48. The first-order valence-corrected chi connectivity index (χ1v) is 14.4. The number of amides is 1. The summed E-state index contributed by atoms with van der Waals surface area (Å²) < 4.78 is 55.5. The summed E-state index contributed by atoms with van der Waals surface area (Å²) in [5.41, 5.74) is -0.908. The van der Waals surface area contributed by atoms with Crippen molar-refractivity contribution in [3.63, 3.8) is 0 Å². The number of halogens is 2. The number of nitrogens with zero attached hydrogens (tertiary/aromatic N) is 1. The van der Waals surface area contributed by atoms with E-state index in [1.54, 1.807) is 37.0 Å². The third kappa shape index (κ3) is 7.57. The topological polar surface area (TPSA) is 90.5 Å². The fourth-order valence-corrected chi connectivity index (χ4v) is 6.05. The largest absolute Gasteiger partial charge is 0.386 e. The first kappa shape index (κ1) is 28.2. The molecule has 1 aliphatic rings. The Labute approximate surface area is 216 Å². The number of thioether (sulfide) groups is 1. The fourth-order valence-electron chi connectivity index (χ4n) is 4.02. The van der Waals surface area contributed by atoms with E-state index in [0.29, 0.717) is 30.0 Å². The van der Waals surface area contributed by atoms with Crippen LogP contribution >= 0.6 is 11.8 Å². The standard InChI is InChI=1S/C25H34F2N4O3S2/c1-28-23-16-21(36(33,34)30-24(32)25(27)13-4-5-14-25)10-11-22(23)29-19(12-15-31(2)3)17-35-20-8-6-18(26)7-9-20/h6-11,16,19,28-29H,4-5,12-15,17H2,1-3H3,(H,30,32)/t19-/m1/s1. The summed E-state index contributed by atoms with van der Waals surface area (Å²) in [6, 6.07) is 10.8. The van der Waals surface area contributed by atoms with E-state index in [0.717, 1.165) is 17.9 Å². The summed E-state index contributed by atoms with van der Waals surface area (Å²) in [6.07, 6.45) is 2.00. The highest BCUT2D eigenvalue weighted by molar-refractivity contribution is 7.99. The van der Waals surface area contributed by atoms with E-state index < -0.39 is 21.6 Å². The molecule has 0 radical (unpaired) electrons. The summed E-state index contributed by atoms with van der Waals surface area (Å²) in [5, 5.41) is 6.48. The van der Waals surface area contributed by atoms with Crippen LogP contribution in [0.4, 0.5) is 20.2 Å². The van der Waals surface area contributed by atoms with Gasteiger partial charge < -0.3 is 15.5 Å². The maximum atomic E-state index is 14.7. The Morgan fingerprint density at radius 3 is 2.39 bits per heavy atom. The number of alkyl halides is 1. The molecule has 0 heterocycles. The van der Waals surface area contributed by atoms with Crippen molar-refractivity contribution < 1.29 is 22.0 Å². The van der Waals surface area contributed by atoms with Gasteiger partial charge in [0.2, 0.25) is 0 Å². The van der Waals surface area contributed by atoms with Crippen molar-refractivity contribution in [1.29, 1.82) is 0 Å². The molecule has 7 nitrogen and oxygen atoms in total. The number of anilines is 2. The fraction of sp³-hybridized carbons (Fsp3) is 0.480. The Balaban J connectivity index is 1.74. The molecule has 2 aromatic carbocycles. The molecule has 1 fully saturated rings. The van der Waals surface area contributed by atoms with Crippen LogP contribution in [0.5, 0.6) is 0 Å². The van der Waals surface area contributed by atoms with Crippen LogP contribution in [-0.2, 0) is 14.8 Å². The molecule has 1 aliphatic carbocycles. The van der Waals surface area contributed by atoms with Crippen molar-refractivity contribution >= 4 is 39.1 Å². The number of sulfonamides is 1. The molecule has 0 bridgehead atoms. The molecule has 0 aromatic heterocycles. The second-order valence-electron chi connectivity index (χ2n) is 9.26. The molecule has 1 amide bonds. The third-order valence-corrected chi connectivity index (χ3v) is 8.65. The number of benzene rings is 2. The third-order valence-electron chi connectivity index (χ3n) is 6.15. The van der Waals surface area contributed by atoms with Gasteiger partial charge in [0, 0.05) is 23.7 Å². The molecule has 11 heteroatoms. The Bertz CT molecular complexity index is 1140. The van der Waals surface area contributed by atoms with Crippen molar-refractivity contribution in [3.8, 4) is 0 Å². The lowest BCUT2D eigenvalue weighted by Crippen LogP contribution is -2.44. The Morgan fingerprint density at radius 1 is 1.11 bits per heavy atom. The van der Waals surface area contributed by atoms with E-state index in [-0.39, 0.29) is 29.6 Å². The molecule has 198 valence electrons. The summed E-state index contributed by atoms with van der Waals surface area (Å²) >= 11 is 1.60. The summed E-state index contributed by atoms with van der Waals surface area (Å²) in [6.45, 7) is 0.833. The van der Waals surface area contributed by atoms with Gasteiger partial charge in [-0.3, -0.25) is 4.79 Å². The van der Waals surface area contributed by atoms with Crippen molar-refractivity contribution in [1.82, 2.24) is 9.62 Å². The van der Waals surface area contributed by atoms with Gasteiger partial charge in [0.25, 0.3) is 15.9 Å². The highest BCUT2D eigenvalue weighted by atomic mass is 32.2. The molecule has 2 aromatic rings. The van der Waals surface area contributed by atoms with E-state index in [1.807, 2.05) is 18.8 Å². The van der Waals surface area contributed by atoms with Crippen molar-refractivity contribution in [2.24, 2.45) is 0 Å².